The number of carbonyl (C=O) groups is 1. The summed E-state index contributed by atoms with van der Waals surface area (Å²) in [5.74, 6) is -0.0191. The van der Waals surface area contributed by atoms with Crippen LogP contribution in [0.2, 0.25) is 0 Å². The van der Waals surface area contributed by atoms with E-state index in [1.165, 1.54) is 21.9 Å². The highest BCUT2D eigenvalue weighted by atomic mass is 16.5. The first-order valence-electron chi connectivity index (χ1n) is 7.63. The van der Waals surface area contributed by atoms with Gasteiger partial charge in [0.05, 0.1) is 12.5 Å². The number of ether oxygens (including phenoxy) is 1. The molecule has 1 atom stereocenters. The SMILES string of the molecule is CCOC(=O)[C@H]1CC=C(c2cccc3ccccc23)CC1. The lowest BCUT2D eigenvalue weighted by Gasteiger charge is -2.21. The highest BCUT2D eigenvalue weighted by Gasteiger charge is 2.23. The average Bonchev–Trinajstić information content (AvgIpc) is 2.55. The second-order valence-corrected chi connectivity index (χ2v) is 5.48. The van der Waals surface area contributed by atoms with Gasteiger partial charge < -0.3 is 4.74 Å². The third-order valence-electron chi connectivity index (χ3n) is 4.17. The van der Waals surface area contributed by atoms with Crippen LogP contribution in [-0.4, -0.2) is 12.6 Å². The highest BCUT2D eigenvalue weighted by Crippen LogP contribution is 2.34. The summed E-state index contributed by atoms with van der Waals surface area (Å²) >= 11 is 0. The highest BCUT2D eigenvalue weighted by molar-refractivity contribution is 5.94. The number of esters is 1. The Kier molecular flexibility index (Phi) is 4.05. The molecular formula is C19H20O2. The van der Waals surface area contributed by atoms with Gasteiger partial charge in [-0.05, 0) is 48.1 Å². The first-order chi connectivity index (χ1) is 10.3. The lowest BCUT2D eigenvalue weighted by Crippen LogP contribution is -2.19. The summed E-state index contributed by atoms with van der Waals surface area (Å²) in [6.07, 6.45) is 4.83. The minimum atomic E-state index is -0.0503. The van der Waals surface area contributed by atoms with Crippen molar-refractivity contribution in [3.8, 4) is 0 Å². The molecule has 1 aliphatic carbocycles. The number of benzene rings is 2. The summed E-state index contributed by atoms with van der Waals surface area (Å²) in [4.78, 5) is 11.8. The Morgan fingerprint density at radius 3 is 2.76 bits per heavy atom. The molecule has 108 valence electrons. The molecule has 0 radical (unpaired) electrons. The molecule has 0 aliphatic heterocycles. The lowest BCUT2D eigenvalue weighted by atomic mass is 9.85. The van der Waals surface area contributed by atoms with Crippen LogP contribution in [0.25, 0.3) is 16.3 Å². The summed E-state index contributed by atoms with van der Waals surface area (Å²) in [5.41, 5.74) is 2.66. The number of rotatable bonds is 3. The van der Waals surface area contributed by atoms with Crippen molar-refractivity contribution >= 4 is 22.3 Å². The average molecular weight is 280 g/mol. The third-order valence-corrected chi connectivity index (χ3v) is 4.17. The normalized spacial score (nSPS) is 18.3. The number of hydrogen-bond acceptors (Lipinski definition) is 2. The van der Waals surface area contributed by atoms with Crippen LogP contribution in [0.15, 0.2) is 48.5 Å². The van der Waals surface area contributed by atoms with E-state index in [9.17, 15) is 4.79 Å². The molecule has 0 amide bonds. The molecule has 0 unspecified atom stereocenters. The Morgan fingerprint density at radius 1 is 1.19 bits per heavy atom. The van der Waals surface area contributed by atoms with Crippen molar-refractivity contribution < 1.29 is 9.53 Å². The van der Waals surface area contributed by atoms with Gasteiger partial charge in [0.15, 0.2) is 0 Å². The summed E-state index contributed by atoms with van der Waals surface area (Å²) < 4.78 is 5.12. The summed E-state index contributed by atoms with van der Waals surface area (Å²) in [6, 6.07) is 14.9. The Balaban J connectivity index is 1.86. The fraction of sp³-hybridized carbons (Fsp3) is 0.316. The van der Waals surface area contributed by atoms with E-state index < -0.39 is 0 Å². The maximum atomic E-state index is 11.8. The molecule has 2 aromatic carbocycles. The molecule has 0 fully saturated rings. The van der Waals surface area contributed by atoms with Crippen molar-refractivity contribution in [3.63, 3.8) is 0 Å². The Morgan fingerprint density at radius 2 is 2.00 bits per heavy atom. The van der Waals surface area contributed by atoms with Crippen molar-refractivity contribution in [1.82, 2.24) is 0 Å². The van der Waals surface area contributed by atoms with Gasteiger partial charge >= 0.3 is 5.97 Å². The van der Waals surface area contributed by atoms with E-state index in [1.54, 1.807) is 0 Å². The zero-order valence-corrected chi connectivity index (χ0v) is 12.3. The zero-order chi connectivity index (χ0) is 14.7. The van der Waals surface area contributed by atoms with Gasteiger partial charge in [-0.2, -0.15) is 0 Å². The van der Waals surface area contributed by atoms with Crippen LogP contribution in [0.4, 0.5) is 0 Å². The standard InChI is InChI=1S/C19H20O2/c1-2-21-19(20)16-12-10-15(11-13-16)18-9-5-7-14-6-3-4-8-17(14)18/h3-10,16H,2,11-13H2,1H3/t16-/m0/s1. The summed E-state index contributed by atoms with van der Waals surface area (Å²) in [6.45, 7) is 2.33. The van der Waals surface area contributed by atoms with Crippen molar-refractivity contribution in [2.45, 2.75) is 26.2 Å². The number of hydrogen-bond donors (Lipinski definition) is 0. The van der Waals surface area contributed by atoms with Gasteiger partial charge in [-0.3, -0.25) is 4.79 Å². The molecule has 21 heavy (non-hydrogen) atoms. The van der Waals surface area contributed by atoms with E-state index in [2.05, 4.69) is 48.5 Å². The summed E-state index contributed by atoms with van der Waals surface area (Å²) in [7, 11) is 0. The minimum Gasteiger partial charge on any atom is -0.466 e. The lowest BCUT2D eigenvalue weighted by molar-refractivity contribution is -0.148. The van der Waals surface area contributed by atoms with E-state index in [1.807, 2.05) is 6.92 Å². The van der Waals surface area contributed by atoms with Crippen molar-refractivity contribution in [3.05, 3.63) is 54.1 Å². The zero-order valence-electron chi connectivity index (χ0n) is 12.3. The fourth-order valence-electron chi connectivity index (χ4n) is 3.06. The van der Waals surface area contributed by atoms with Crippen LogP contribution in [0.1, 0.15) is 31.7 Å². The van der Waals surface area contributed by atoms with Crippen LogP contribution in [0.5, 0.6) is 0 Å². The molecule has 0 N–H and O–H groups in total. The molecule has 2 aromatic rings. The second-order valence-electron chi connectivity index (χ2n) is 5.48. The number of carbonyl (C=O) groups excluding carboxylic acids is 1. The second kappa shape index (κ2) is 6.13. The minimum absolute atomic E-state index is 0.0312. The Hall–Kier alpha value is -2.09. The molecule has 0 spiro atoms. The molecule has 0 bridgehead atoms. The topological polar surface area (TPSA) is 26.3 Å². The predicted octanol–water partition coefficient (Wildman–Crippen LogP) is 4.59. The van der Waals surface area contributed by atoms with E-state index in [0.717, 1.165) is 19.3 Å². The van der Waals surface area contributed by atoms with Crippen LogP contribution < -0.4 is 0 Å². The van der Waals surface area contributed by atoms with Crippen LogP contribution >= 0.6 is 0 Å². The van der Waals surface area contributed by atoms with Gasteiger partial charge in [0, 0.05) is 0 Å². The fourth-order valence-corrected chi connectivity index (χ4v) is 3.06. The number of fused-ring (bicyclic) bond motifs is 1. The maximum Gasteiger partial charge on any atom is 0.309 e. The van der Waals surface area contributed by atoms with Gasteiger partial charge in [-0.15, -0.1) is 0 Å². The van der Waals surface area contributed by atoms with Crippen molar-refractivity contribution in [2.75, 3.05) is 6.61 Å². The molecule has 3 rings (SSSR count). The van der Waals surface area contributed by atoms with Gasteiger partial charge in [0.25, 0.3) is 0 Å². The molecule has 2 heteroatoms. The van der Waals surface area contributed by atoms with E-state index in [0.29, 0.717) is 6.61 Å². The Bertz CT molecular complexity index is 680. The Labute approximate surface area is 125 Å². The molecule has 0 aromatic heterocycles. The van der Waals surface area contributed by atoms with Gasteiger partial charge in [-0.25, -0.2) is 0 Å². The number of allylic oxidation sites excluding steroid dienone is 2. The predicted molar refractivity (Wildman–Crippen MR) is 85.9 cm³/mol. The van der Waals surface area contributed by atoms with E-state index >= 15 is 0 Å². The smallest absolute Gasteiger partial charge is 0.309 e. The first-order valence-corrected chi connectivity index (χ1v) is 7.63. The van der Waals surface area contributed by atoms with Gasteiger partial charge in [-0.1, -0.05) is 48.5 Å². The molecule has 0 saturated heterocycles. The third kappa shape index (κ3) is 2.85. The van der Waals surface area contributed by atoms with Crippen molar-refractivity contribution in [1.29, 1.82) is 0 Å². The molecule has 1 aliphatic rings. The molecule has 0 heterocycles. The quantitative estimate of drug-likeness (QED) is 0.769. The summed E-state index contributed by atoms with van der Waals surface area (Å²) in [5, 5.41) is 2.56. The molecule has 0 saturated carbocycles. The van der Waals surface area contributed by atoms with E-state index in [-0.39, 0.29) is 11.9 Å². The van der Waals surface area contributed by atoms with Crippen molar-refractivity contribution in [2.24, 2.45) is 5.92 Å². The largest absolute Gasteiger partial charge is 0.466 e. The maximum absolute atomic E-state index is 11.8. The van der Waals surface area contributed by atoms with Crippen LogP contribution in [0, 0.1) is 5.92 Å². The molecule has 2 nitrogen and oxygen atoms in total. The van der Waals surface area contributed by atoms with Gasteiger partial charge in [0.2, 0.25) is 0 Å². The van der Waals surface area contributed by atoms with E-state index in [4.69, 9.17) is 4.74 Å². The molecular weight excluding hydrogens is 260 g/mol. The van der Waals surface area contributed by atoms with Gasteiger partial charge in [0.1, 0.15) is 0 Å². The van der Waals surface area contributed by atoms with Crippen LogP contribution in [-0.2, 0) is 9.53 Å². The first kappa shape index (κ1) is 13.9. The van der Waals surface area contributed by atoms with Crippen LogP contribution in [0.3, 0.4) is 0 Å². The monoisotopic (exact) mass is 280 g/mol.